The summed E-state index contributed by atoms with van der Waals surface area (Å²) in [5, 5.41) is 11.8. The molecule has 3 nitrogen and oxygen atoms in total. The summed E-state index contributed by atoms with van der Waals surface area (Å²) >= 11 is 0. The van der Waals surface area contributed by atoms with Crippen LogP contribution in [0.25, 0.3) is 0 Å². The van der Waals surface area contributed by atoms with E-state index < -0.39 is 0 Å². The van der Waals surface area contributed by atoms with E-state index in [1.54, 1.807) is 6.92 Å². The topological polar surface area (TPSA) is 41.8 Å². The van der Waals surface area contributed by atoms with Gasteiger partial charge in [0.2, 0.25) is 0 Å². The molecule has 0 atom stereocenters. The van der Waals surface area contributed by atoms with Crippen LogP contribution in [0.4, 0.5) is 0 Å². The van der Waals surface area contributed by atoms with Gasteiger partial charge >= 0.3 is 0 Å². The normalized spacial score (nSPS) is 11.4. The number of ether oxygens (including phenoxy) is 1. The van der Waals surface area contributed by atoms with E-state index >= 15 is 0 Å². The number of aryl methyl sites for hydroxylation is 1. The van der Waals surface area contributed by atoms with E-state index in [-0.39, 0.29) is 0 Å². The SMILES string of the molecule is C/C(Cc1ccc(OCc2ccc(C)cc2)cc1)=N/O. The van der Waals surface area contributed by atoms with Crippen molar-refractivity contribution in [3.05, 3.63) is 65.2 Å². The van der Waals surface area contributed by atoms with Crippen molar-refractivity contribution < 1.29 is 9.94 Å². The van der Waals surface area contributed by atoms with Gasteiger partial charge in [0, 0.05) is 6.42 Å². The summed E-state index contributed by atoms with van der Waals surface area (Å²) in [5.74, 6) is 0.841. The molecule has 0 radical (unpaired) electrons. The van der Waals surface area contributed by atoms with Crippen molar-refractivity contribution in [3.63, 3.8) is 0 Å². The van der Waals surface area contributed by atoms with Crippen LogP contribution in [0.15, 0.2) is 53.7 Å². The van der Waals surface area contributed by atoms with Gasteiger partial charge in [-0.1, -0.05) is 47.1 Å². The summed E-state index contributed by atoms with van der Waals surface area (Å²) in [4.78, 5) is 0. The second-order valence-electron chi connectivity index (χ2n) is 4.93. The molecule has 0 spiro atoms. The molecule has 0 unspecified atom stereocenters. The van der Waals surface area contributed by atoms with Gasteiger partial charge in [-0.3, -0.25) is 0 Å². The molecule has 2 aromatic rings. The fourth-order valence-electron chi connectivity index (χ4n) is 1.89. The maximum Gasteiger partial charge on any atom is 0.119 e. The Bertz CT molecular complexity index is 571. The minimum Gasteiger partial charge on any atom is -0.489 e. The maximum absolute atomic E-state index is 8.64. The molecule has 0 amide bonds. The zero-order valence-corrected chi connectivity index (χ0v) is 11.8. The number of oxime groups is 1. The third-order valence-corrected chi connectivity index (χ3v) is 3.08. The monoisotopic (exact) mass is 269 g/mol. The predicted molar refractivity (Wildman–Crippen MR) is 80.6 cm³/mol. The van der Waals surface area contributed by atoms with Gasteiger partial charge in [-0.15, -0.1) is 0 Å². The lowest BCUT2D eigenvalue weighted by molar-refractivity contribution is 0.306. The van der Waals surface area contributed by atoms with Crippen molar-refractivity contribution in [1.82, 2.24) is 0 Å². The average molecular weight is 269 g/mol. The largest absolute Gasteiger partial charge is 0.489 e. The van der Waals surface area contributed by atoms with Crippen LogP contribution < -0.4 is 4.74 Å². The molecular formula is C17H19NO2. The van der Waals surface area contributed by atoms with Crippen LogP contribution in [-0.4, -0.2) is 10.9 Å². The molecule has 0 heterocycles. The Labute approximate surface area is 119 Å². The van der Waals surface area contributed by atoms with E-state index in [1.807, 2.05) is 24.3 Å². The minimum atomic E-state index is 0.566. The molecular weight excluding hydrogens is 250 g/mol. The summed E-state index contributed by atoms with van der Waals surface area (Å²) in [5.41, 5.74) is 4.20. The molecule has 0 saturated carbocycles. The highest BCUT2D eigenvalue weighted by molar-refractivity contribution is 5.83. The number of hydrogen-bond donors (Lipinski definition) is 1. The van der Waals surface area contributed by atoms with Crippen LogP contribution in [0.5, 0.6) is 5.75 Å². The first kappa shape index (κ1) is 14.1. The third kappa shape index (κ3) is 4.12. The van der Waals surface area contributed by atoms with E-state index in [0.29, 0.717) is 18.7 Å². The minimum absolute atomic E-state index is 0.566. The lowest BCUT2D eigenvalue weighted by Gasteiger charge is -2.07. The molecule has 104 valence electrons. The highest BCUT2D eigenvalue weighted by Crippen LogP contribution is 2.15. The third-order valence-electron chi connectivity index (χ3n) is 3.08. The molecule has 0 aliphatic heterocycles. The van der Waals surface area contributed by atoms with Crippen LogP contribution >= 0.6 is 0 Å². The quantitative estimate of drug-likeness (QED) is 0.507. The van der Waals surface area contributed by atoms with Crippen molar-refractivity contribution in [2.75, 3.05) is 0 Å². The number of benzene rings is 2. The Hall–Kier alpha value is -2.29. The highest BCUT2D eigenvalue weighted by Gasteiger charge is 1.99. The number of rotatable bonds is 5. The highest BCUT2D eigenvalue weighted by atomic mass is 16.5. The molecule has 3 heteroatoms. The molecule has 2 rings (SSSR count). The first-order valence-electron chi connectivity index (χ1n) is 6.62. The first-order chi connectivity index (χ1) is 9.67. The van der Waals surface area contributed by atoms with Crippen LogP contribution in [0, 0.1) is 6.92 Å². The smallest absolute Gasteiger partial charge is 0.119 e. The number of hydrogen-bond acceptors (Lipinski definition) is 3. The molecule has 0 saturated heterocycles. The van der Waals surface area contributed by atoms with Gasteiger partial charge in [-0.2, -0.15) is 0 Å². The Morgan fingerprint density at radius 3 is 2.20 bits per heavy atom. The first-order valence-corrected chi connectivity index (χ1v) is 6.62. The summed E-state index contributed by atoms with van der Waals surface area (Å²) in [6, 6.07) is 16.2. The zero-order valence-electron chi connectivity index (χ0n) is 11.8. The fourth-order valence-corrected chi connectivity index (χ4v) is 1.89. The molecule has 0 aliphatic rings. The Morgan fingerprint density at radius 2 is 1.60 bits per heavy atom. The van der Waals surface area contributed by atoms with E-state index in [0.717, 1.165) is 16.9 Å². The van der Waals surface area contributed by atoms with Gasteiger partial charge in [-0.25, -0.2) is 0 Å². The van der Waals surface area contributed by atoms with Gasteiger partial charge in [-0.05, 0) is 37.1 Å². The van der Waals surface area contributed by atoms with E-state index in [4.69, 9.17) is 9.94 Å². The summed E-state index contributed by atoms with van der Waals surface area (Å²) in [7, 11) is 0. The second-order valence-corrected chi connectivity index (χ2v) is 4.93. The Kier molecular flexibility index (Phi) is 4.77. The lowest BCUT2D eigenvalue weighted by atomic mass is 10.1. The summed E-state index contributed by atoms with van der Waals surface area (Å²) in [6.07, 6.45) is 0.648. The molecule has 1 N–H and O–H groups in total. The van der Waals surface area contributed by atoms with Crippen molar-refractivity contribution in [2.24, 2.45) is 5.16 Å². The number of nitrogens with zero attached hydrogens (tertiary/aromatic N) is 1. The summed E-state index contributed by atoms with van der Waals surface area (Å²) in [6.45, 7) is 4.43. The fraction of sp³-hybridized carbons (Fsp3) is 0.235. The average Bonchev–Trinajstić information content (AvgIpc) is 2.48. The van der Waals surface area contributed by atoms with E-state index in [2.05, 4.69) is 36.3 Å². The van der Waals surface area contributed by atoms with E-state index in [9.17, 15) is 0 Å². The molecule has 2 aromatic carbocycles. The van der Waals surface area contributed by atoms with Gasteiger partial charge in [0.25, 0.3) is 0 Å². The van der Waals surface area contributed by atoms with Gasteiger partial charge < -0.3 is 9.94 Å². The maximum atomic E-state index is 8.64. The summed E-state index contributed by atoms with van der Waals surface area (Å²) < 4.78 is 5.74. The zero-order chi connectivity index (χ0) is 14.4. The molecule has 0 bridgehead atoms. The lowest BCUT2D eigenvalue weighted by Crippen LogP contribution is -1.98. The molecule has 0 fully saturated rings. The van der Waals surface area contributed by atoms with Crippen molar-refractivity contribution >= 4 is 5.71 Å². The van der Waals surface area contributed by atoms with Crippen molar-refractivity contribution in [2.45, 2.75) is 26.9 Å². The second kappa shape index (κ2) is 6.75. The standard InChI is InChI=1S/C17H19NO2/c1-13-3-5-16(6-4-13)12-20-17-9-7-15(8-10-17)11-14(2)18-19/h3-10,19H,11-12H2,1-2H3/b18-14-. The van der Waals surface area contributed by atoms with Gasteiger partial charge in [0.05, 0.1) is 5.71 Å². The van der Waals surface area contributed by atoms with Crippen LogP contribution in [0.2, 0.25) is 0 Å². The molecule has 0 aromatic heterocycles. The van der Waals surface area contributed by atoms with Crippen molar-refractivity contribution in [1.29, 1.82) is 0 Å². The van der Waals surface area contributed by atoms with Crippen LogP contribution in [0.1, 0.15) is 23.6 Å². The Morgan fingerprint density at radius 1 is 1.00 bits per heavy atom. The van der Waals surface area contributed by atoms with Crippen LogP contribution in [-0.2, 0) is 13.0 Å². The Balaban J connectivity index is 1.92. The van der Waals surface area contributed by atoms with Gasteiger partial charge in [0.15, 0.2) is 0 Å². The van der Waals surface area contributed by atoms with Crippen LogP contribution in [0.3, 0.4) is 0 Å². The van der Waals surface area contributed by atoms with Crippen molar-refractivity contribution in [3.8, 4) is 5.75 Å². The van der Waals surface area contributed by atoms with Gasteiger partial charge in [0.1, 0.15) is 12.4 Å². The molecule has 20 heavy (non-hydrogen) atoms. The predicted octanol–water partition coefficient (Wildman–Crippen LogP) is 3.97. The molecule has 0 aliphatic carbocycles. The van der Waals surface area contributed by atoms with E-state index in [1.165, 1.54) is 5.56 Å².